The first-order chi connectivity index (χ1) is 11.9. The molecule has 1 aliphatic rings. The number of nitrogens with one attached hydrogen (secondary N) is 1. The Balaban J connectivity index is 1.75. The maximum absolute atomic E-state index is 12.8. The lowest BCUT2D eigenvalue weighted by Gasteiger charge is -2.24. The molecule has 2 unspecified atom stereocenters. The van der Waals surface area contributed by atoms with Crippen LogP contribution in [-0.2, 0) is 14.8 Å². The van der Waals surface area contributed by atoms with Crippen LogP contribution in [0.4, 0.5) is 0 Å². The van der Waals surface area contributed by atoms with Crippen LogP contribution in [0.2, 0.25) is 0 Å². The second-order valence-electron chi connectivity index (χ2n) is 5.99. The van der Waals surface area contributed by atoms with Gasteiger partial charge in [-0.15, -0.1) is 11.3 Å². The van der Waals surface area contributed by atoms with Crippen LogP contribution in [-0.4, -0.2) is 31.2 Å². The Labute approximate surface area is 160 Å². The SMILES string of the molecule is CC(NC(=O)C1CCCN1S(=O)(=O)c1cccs1)c1cccc(Br)c1. The van der Waals surface area contributed by atoms with Gasteiger partial charge >= 0.3 is 0 Å². The molecule has 3 rings (SSSR count). The first-order valence-electron chi connectivity index (χ1n) is 8.01. The molecule has 2 aromatic rings. The van der Waals surface area contributed by atoms with Crippen molar-refractivity contribution in [1.29, 1.82) is 0 Å². The van der Waals surface area contributed by atoms with Crippen molar-refractivity contribution in [1.82, 2.24) is 9.62 Å². The zero-order valence-corrected chi connectivity index (χ0v) is 16.9. The predicted octanol–water partition coefficient (Wildman–Crippen LogP) is 3.54. The third-order valence-corrected chi connectivity index (χ3v) is 8.05. The molecule has 0 saturated carbocycles. The Bertz CT molecular complexity index is 853. The van der Waals surface area contributed by atoms with Crippen molar-refractivity contribution < 1.29 is 13.2 Å². The Morgan fingerprint density at radius 2 is 2.16 bits per heavy atom. The van der Waals surface area contributed by atoms with E-state index in [4.69, 9.17) is 0 Å². The van der Waals surface area contributed by atoms with Crippen LogP contribution in [0.15, 0.2) is 50.5 Å². The highest BCUT2D eigenvalue weighted by Gasteiger charge is 2.40. The minimum Gasteiger partial charge on any atom is -0.348 e. The predicted molar refractivity (Wildman–Crippen MR) is 102 cm³/mol. The van der Waals surface area contributed by atoms with Gasteiger partial charge < -0.3 is 5.32 Å². The summed E-state index contributed by atoms with van der Waals surface area (Å²) in [5, 5.41) is 4.68. The number of nitrogens with zero attached hydrogens (tertiary/aromatic N) is 1. The summed E-state index contributed by atoms with van der Waals surface area (Å²) in [5.41, 5.74) is 0.966. The molecule has 1 aliphatic heterocycles. The quantitative estimate of drug-likeness (QED) is 0.769. The number of carbonyl (C=O) groups is 1. The van der Waals surface area contributed by atoms with Gasteiger partial charge in [-0.25, -0.2) is 8.42 Å². The van der Waals surface area contributed by atoms with E-state index in [-0.39, 0.29) is 16.2 Å². The van der Waals surface area contributed by atoms with E-state index in [1.165, 1.54) is 15.6 Å². The molecule has 1 saturated heterocycles. The lowest BCUT2D eigenvalue weighted by atomic mass is 10.1. The van der Waals surface area contributed by atoms with Gasteiger partial charge in [-0.3, -0.25) is 4.79 Å². The van der Waals surface area contributed by atoms with Crippen molar-refractivity contribution >= 4 is 43.2 Å². The number of benzene rings is 1. The van der Waals surface area contributed by atoms with Gasteiger partial charge in [-0.05, 0) is 48.9 Å². The molecule has 0 bridgehead atoms. The summed E-state index contributed by atoms with van der Waals surface area (Å²) in [7, 11) is -3.61. The van der Waals surface area contributed by atoms with Crippen LogP contribution in [0, 0.1) is 0 Å². The smallest absolute Gasteiger partial charge is 0.253 e. The maximum Gasteiger partial charge on any atom is 0.253 e. The van der Waals surface area contributed by atoms with Crippen molar-refractivity contribution in [3.8, 4) is 0 Å². The molecule has 0 radical (unpaired) electrons. The van der Waals surface area contributed by atoms with Gasteiger partial charge in [0.25, 0.3) is 10.0 Å². The van der Waals surface area contributed by atoms with Gasteiger partial charge in [0.1, 0.15) is 10.3 Å². The second-order valence-corrected chi connectivity index (χ2v) is 9.97. The van der Waals surface area contributed by atoms with Crippen LogP contribution >= 0.6 is 27.3 Å². The van der Waals surface area contributed by atoms with Crippen LogP contribution in [0.1, 0.15) is 31.4 Å². The Hall–Kier alpha value is -1.22. The molecule has 1 aromatic heterocycles. The maximum atomic E-state index is 12.8. The highest BCUT2D eigenvalue weighted by Crippen LogP contribution is 2.29. The third-order valence-electron chi connectivity index (χ3n) is 4.27. The highest BCUT2D eigenvalue weighted by atomic mass is 79.9. The van der Waals surface area contributed by atoms with Crippen molar-refractivity contribution in [2.24, 2.45) is 0 Å². The summed E-state index contributed by atoms with van der Waals surface area (Å²) in [5.74, 6) is -0.245. The fraction of sp³-hybridized carbons (Fsp3) is 0.353. The highest BCUT2D eigenvalue weighted by molar-refractivity contribution is 9.10. The van der Waals surface area contributed by atoms with E-state index in [1.807, 2.05) is 31.2 Å². The summed E-state index contributed by atoms with van der Waals surface area (Å²) in [6, 6.07) is 10.1. The Kier molecular flexibility index (Phi) is 5.62. The van der Waals surface area contributed by atoms with Crippen molar-refractivity contribution in [3.05, 3.63) is 51.8 Å². The van der Waals surface area contributed by atoms with E-state index >= 15 is 0 Å². The fourth-order valence-corrected chi connectivity index (χ4v) is 6.18. The molecule has 1 aromatic carbocycles. The average Bonchev–Trinajstić information content (AvgIpc) is 3.26. The molecule has 0 spiro atoms. The lowest BCUT2D eigenvalue weighted by Crippen LogP contribution is -2.46. The van der Waals surface area contributed by atoms with E-state index in [9.17, 15) is 13.2 Å². The molecule has 2 heterocycles. The Morgan fingerprint density at radius 3 is 2.84 bits per heavy atom. The van der Waals surface area contributed by atoms with E-state index in [0.29, 0.717) is 19.4 Å². The van der Waals surface area contributed by atoms with E-state index in [1.54, 1.807) is 17.5 Å². The number of amides is 1. The van der Waals surface area contributed by atoms with Gasteiger partial charge in [-0.1, -0.05) is 34.1 Å². The van der Waals surface area contributed by atoms with Gasteiger partial charge in [-0.2, -0.15) is 4.31 Å². The molecule has 0 aliphatic carbocycles. The molecule has 2 atom stereocenters. The largest absolute Gasteiger partial charge is 0.348 e. The normalized spacial score (nSPS) is 19.7. The minimum atomic E-state index is -3.61. The molecule has 1 fully saturated rings. The zero-order chi connectivity index (χ0) is 18.0. The monoisotopic (exact) mass is 442 g/mol. The lowest BCUT2D eigenvalue weighted by molar-refractivity contribution is -0.124. The molecule has 134 valence electrons. The third kappa shape index (κ3) is 3.97. The summed E-state index contributed by atoms with van der Waals surface area (Å²) < 4.78 is 28.1. The van der Waals surface area contributed by atoms with E-state index in [0.717, 1.165) is 10.0 Å². The van der Waals surface area contributed by atoms with Gasteiger partial charge in [0.15, 0.2) is 0 Å². The first-order valence-corrected chi connectivity index (χ1v) is 11.1. The van der Waals surface area contributed by atoms with E-state index < -0.39 is 16.1 Å². The summed E-state index contributed by atoms with van der Waals surface area (Å²) >= 11 is 4.60. The summed E-state index contributed by atoms with van der Waals surface area (Å²) in [6.07, 6.45) is 1.23. The number of halogens is 1. The molecule has 25 heavy (non-hydrogen) atoms. The number of hydrogen-bond donors (Lipinski definition) is 1. The number of carbonyl (C=O) groups excluding carboxylic acids is 1. The van der Waals surface area contributed by atoms with Gasteiger partial charge in [0.2, 0.25) is 5.91 Å². The summed E-state index contributed by atoms with van der Waals surface area (Å²) in [6.45, 7) is 2.27. The summed E-state index contributed by atoms with van der Waals surface area (Å²) in [4.78, 5) is 12.7. The molecule has 5 nitrogen and oxygen atoms in total. The molecule has 1 amide bonds. The zero-order valence-electron chi connectivity index (χ0n) is 13.7. The number of thiophene rings is 1. The average molecular weight is 443 g/mol. The molecule has 8 heteroatoms. The second kappa shape index (κ2) is 7.57. The number of hydrogen-bond acceptors (Lipinski definition) is 4. The van der Waals surface area contributed by atoms with Crippen LogP contribution in [0.5, 0.6) is 0 Å². The van der Waals surface area contributed by atoms with Crippen molar-refractivity contribution in [3.63, 3.8) is 0 Å². The van der Waals surface area contributed by atoms with E-state index in [2.05, 4.69) is 21.2 Å². The number of rotatable bonds is 5. The molecular weight excluding hydrogens is 424 g/mol. The van der Waals surface area contributed by atoms with Crippen LogP contribution in [0.25, 0.3) is 0 Å². The first kappa shape index (κ1) is 18.6. The molecular formula is C17H19BrN2O3S2. The van der Waals surface area contributed by atoms with Crippen molar-refractivity contribution in [2.45, 2.75) is 36.1 Å². The van der Waals surface area contributed by atoms with Gasteiger partial charge in [0, 0.05) is 11.0 Å². The standard InChI is InChI=1S/C17H19BrN2O3S2/c1-12(13-5-2-6-14(18)11-13)19-17(21)15-7-3-9-20(15)25(22,23)16-8-4-10-24-16/h2,4-6,8,10-12,15H,3,7,9H2,1H3,(H,19,21). The molecule has 1 N–H and O–H groups in total. The minimum absolute atomic E-state index is 0.197. The van der Waals surface area contributed by atoms with Crippen LogP contribution < -0.4 is 5.32 Å². The van der Waals surface area contributed by atoms with Crippen LogP contribution in [0.3, 0.4) is 0 Å². The Morgan fingerprint density at radius 1 is 1.36 bits per heavy atom. The van der Waals surface area contributed by atoms with Crippen molar-refractivity contribution in [2.75, 3.05) is 6.54 Å². The number of sulfonamides is 1. The fourth-order valence-electron chi connectivity index (χ4n) is 2.98. The van der Waals surface area contributed by atoms with Gasteiger partial charge in [0.05, 0.1) is 6.04 Å². The topological polar surface area (TPSA) is 66.5 Å².